The Morgan fingerprint density at radius 1 is 1.06 bits per heavy atom. The number of carbonyl (C=O) groups excluding carboxylic acids is 1. The van der Waals surface area contributed by atoms with E-state index in [1.807, 2.05) is 11.0 Å². The number of aryl methyl sites for hydroxylation is 1. The summed E-state index contributed by atoms with van der Waals surface area (Å²) in [6.45, 7) is 9.34. The van der Waals surface area contributed by atoms with Crippen molar-refractivity contribution in [3.63, 3.8) is 0 Å². The molecule has 2 aliphatic rings. The van der Waals surface area contributed by atoms with E-state index in [4.69, 9.17) is 0 Å². The minimum absolute atomic E-state index is 0.0535. The topological polar surface area (TPSA) is 60.9 Å². The van der Waals surface area contributed by atoms with E-state index in [-0.39, 0.29) is 16.2 Å². The fourth-order valence-corrected chi connectivity index (χ4v) is 7.24. The van der Waals surface area contributed by atoms with Crippen molar-refractivity contribution in [2.75, 3.05) is 37.6 Å². The molecule has 0 bridgehead atoms. The quantitative estimate of drug-likeness (QED) is 0.694. The molecule has 1 atom stereocenters. The summed E-state index contributed by atoms with van der Waals surface area (Å²) in [4.78, 5) is 16.9. The zero-order valence-electron chi connectivity index (χ0n) is 18.5. The van der Waals surface area contributed by atoms with Crippen molar-refractivity contribution in [1.29, 1.82) is 0 Å². The van der Waals surface area contributed by atoms with E-state index in [2.05, 4.69) is 43.9 Å². The SMILES string of the molecule is Cc1cccc(N2CCN(S(=O)(=O)c3cc(C(=O)N4CCC(C)CC4)cs3)C[C@@H]2C)c1. The summed E-state index contributed by atoms with van der Waals surface area (Å²) in [5.41, 5.74) is 2.81. The average Bonchev–Trinajstić information content (AvgIpc) is 3.25. The Morgan fingerprint density at radius 2 is 1.81 bits per heavy atom. The van der Waals surface area contributed by atoms with Crippen molar-refractivity contribution >= 4 is 33.0 Å². The molecule has 2 aromatic rings. The van der Waals surface area contributed by atoms with Crippen LogP contribution in [0.25, 0.3) is 0 Å². The predicted molar refractivity (Wildman–Crippen MR) is 125 cm³/mol. The van der Waals surface area contributed by atoms with E-state index in [9.17, 15) is 13.2 Å². The highest BCUT2D eigenvalue weighted by Crippen LogP contribution is 2.29. The molecule has 1 aromatic heterocycles. The zero-order chi connectivity index (χ0) is 22.2. The normalized spacial score (nSPS) is 21.5. The van der Waals surface area contributed by atoms with Gasteiger partial charge in [-0.15, -0.1) is 11.3 Å². The van der Waals surface area contributed by atoms with Gasteiger partial charge in [-0.05, 0) is 56.4 Å². The summed E-state index contributed by atoms with van der Waals surface area (Å²) in [6, 6.07) is 9.95. The second-order valence-electron chi connectivity index (χ2n) is 8.87. The van der Waals surface area contributed by atoms with Crippen LogP contribution in [0.15, 0.2) is 39.9 Å². The van der Waals surface area contributed by atoms with E-state index in [1.165, 1.54) is 5.56 Å². The fraction of sp³-hybridized carbons (Fsp3) is 0.522. The molecule has 2 aliphatic heterocycles. The molecule has 2 saturated heterocycles. The number of carbonyl (C=O) groups is 1. The first kappa shape index (κ1) is 22.3. The molecular formula is C23H31N3O3S2. The van der Waals surface area contributed by atoms with Crippen LogP contribution in [-0.2, 0) is 10.0 Å². The molecule has 8 heteroatoms. The first-order valence-corrected chi connectivity index (χ1v) is 13.3. The molecule has 0 saturated carbocycles. The summed E-state index contributed by atoms with van der Waals surface area (Å²) >= 11 is 1.15. The maximum Gasteiger partial charge on any atom is 0.254 e. The van der Waals surface area contributed by atoms with E-state index in [0.717, 1.165) is 43.0 Å². The minimum Gasteiger partial charge on any atom is -0.366 e. The van der Waals surface area contributed by atoms with E-state index < -0.39 is 10.0 Å². The van der Waals surface area contributed by atoms with Crippen LogP contribution in [0, 0.1) is 12.8 Å². The van der Waals surface area contributed by atoms with Crippen LogP contribution < -0.4 is 4.90 Å². The van der Waals surface area contributed by atoms with Gasteiger partial charge in [0.25, 0.3) is 15.9 Å². The zero-order valence-corrected chi connectivity index (χ0v) is 20.1. The highest BCUT2D eigenvalue weighted by atomic mass is 32.2. The number of piperazine rings is 1. The van der Waals surface area contributed by atoms with Crippen LogP contribution in [0.2, 0.25) is 0 Å². The van der Waals surface area contributed by atoms with Crippen LogP contribution in [0.3, 0.4) is 0 Å². The Hall–Kier alpha value is -1.90. The highest BCUT2D eigenvalue weighted by Gasteiger charge is 2.34. The third-order valence-corrected chi connectivity index (χ3v) is 9.69. The van der Waals surface area contributed by atoms with Gasteiger partial charge in [0.05, 0.1) is 5.56 Å². The Labute approximate surface area is 189 Å². The van der Waals surface area contributed by atoms with Gasteiger partial charge in [0, 0.05) is 49.8 Å². The number of sulfonamides is 1. The Morgan fingerprint density at radius 3 is 2.48 bits per heavy atom. The van der Waals surface area contributed by atoms with Crippen molar-refractivity contribution in [2.24, 2.45) is 5.92 Å². The molecule has 0 radical (unpaired) electrons. The number of hydrogen-bond acceptors (Lipinski definition) is 5. The summed E-state index contributed by atoms with van der Waals surface area (Å²) in [5, 5.41) is 1.69. The summed E-state index contributed by atoms with van der Waals surface area (Å²) in [6.07, 6.45) is 2.01. The summed E-state index contributed by atoms with van der Waals surface area (Å²) in [7, 11) is -3.61. The van der Waals surface area contributed by atoms with Crippen LogP contribution in [-0.4, -0.2) is 62.3 Å². The van der Waals surface area contributed by atoms with Crippen molar-refractivity contribution < 1.29 is 13.2 Å². The van der Waals surface area contributed by atoms with Gasteiger partial charge in [-0.25, -0.2) is 8.42 Å². The molecule has 1 aromatic carbocycles. The molecule has 0 spiro atoms. The lowest BCUT2D eigenvalue weighted by molar-refractivity contribution is 0.0697. The van der Waals surface area contributed by atoms with Crippen LogP contribution >= 0.6 is 11.3 Å². The Kier molecular flexibility index (Phi) is 6.42. The first-order chi connectivity index (χ1) is 14.8. The van der Waals surface area contributed by atoms with Gasteiger partial charge in [-0.1, -0.05) is 19.1 Å². The number of thiophene rings is 1. The van der Waals surface area contributed by atoms with Gasteiger partial charge in [0.15, 0.2) is 0 Å². The maximum absolute atomic E-state index is 13.3. The molecule has 2 fully saturated rings. The second-order valence-corrected chi connectivity index (χ2v) is 11.9. The molecule has 0 N–H and O–H groups in total. The average molecular weight is 462 g/mol. The standard InChI is InChI=1S/C23H31N3O3S2/c1-17-7-9-24(10-8-17)23(27)20-14-22(30-16-20)31(28,29)25-11-12-26(19(3)15-25)21-6-4-5-18(2)13-21/h4-6,13-14,16-17,19H,7-12,15H2,1-3H3/t19-/m0/s1. The van der Waals surface area contributed by atoms with Crippen LogP contribution in [0.5, 0.6) is 0 Å². The van der Waals surface area contributed by atoms with E-state index >= 15 is 0 Å². The lowest BCUT2D eigenvalue weighted by Gasteiger charge is -2.40. The third-order valence-electron chi connectivity index (χ3n) is 6.41. The smallest absolute Gasteiger partial charge is 0.254 e. The number of benzene rings is 1. The Bertz CT molecular complexity index is 1040. The molecule has 0 aliphatic carbocycles. The highest BCUT2D eigenvalue weighted by molar-refractivity contribution is 7.91. The molecule has 31 heavy (non-hydrogen) atoms. The number of nitrogens with zero attached hydrogens (tertiary/aromatic N) is 3. The lowest BCUT2D eigenvalue weighted by Crippen LogP contribution is -2.53. The molecular weight excluding hydrogens is 430 g/mol. The fourth-order valence-electron chi connectivity index (χ4n) is 4.42. The van der Waals surface area contributed by atoms with Gasteiger partial charge in [-0.3, -0.25) is 4.79 Å². The molecule has 0 unspecified atom stereocenters. The van der Waals surface area contributed by atoms with Gasteiger partial charge in [-0.2, -0.15) is 4.31 Å². The van der Waals surface area contributed by atoms with Crippen LogP contribution in [0.4, 0.5) is 5.69 Å². The molecule has 1 amide bonds. The van der Waals surface area contributed by atoms with Crippen molar-refractivity contribution in [3.8, 4) is 0 Å². The van der Waals surface area contributed by atoms with Crippen molar-refractivity contribution in [3.05, 3.63) is 46.8 Å². The monoisotopic (exact) mass is 461 g/mol. The van der Waals surface area contributed by atoms with Gasteiger partial charge in [0.1, 0.15) is 4.21 Å². The molecule has 168 valence electrons. The van der Waals surface area contributed by atoms with Crippen molar-refractivity contribution in [2.45, 2.75) is 43.9 Å². The van der Waals surface area contributed by atoms with Crippen LogP contribution in [0.1, 0.15) is 42.6 Å². The molecule has 3 heterocycles. The number of rotatable bonds is 4. The Balaban J connectivity index is 1.45. The number of hydrogen-bond donors (Lipinski definition) is 0. The van der Waals surface area contributed by atoms with Gasteiger partial charge >= 0.3 is 0 Å². The third kappa shape index (κ3) is 4.66. The van der Waals surface area contributed by atoms with E-state index in [1.54, 1.807) is 15.8 Å². The van der Waals surface area contributed by atoms with Gasteiger partial charge < -0.3 is 9.80 Å². The molecule has 6 nitrogen and oxygen atoms in total. The minimum atomic E-state index is -3.61. The molecule has 4 rings (SSSR count). The van der Waals surface area contributed by atoms with E-state index in [0.29, 0.717) is 31.1 Å². The number of anilines is 1. The summed E-state index contributed by atoms with van der Waals surface area (Å²) < 4.78 is 28.4. The second kappa shape index (κ2) is 8.92. The number of amides is 1. The van der Waals surface area contributed by atoms with Gasteiger partial charge in [0.2, 0.25) is 0 Å². The predicted octanol–water partition coefficient (Wildman–Crippen LogP) is 3.83. The van der Waals surface area contributed by atoms with Crippen molar-refractivity contribution in [1.82, 2.24) is 9.21 Å². The maximum atomic E-state index is 13.3. The first-order valence-electron chi connectivity index (χ1n) is 11.0. The number of piperidine rings is 1. The lowest BCUT2D eigenvalue weighted by atomic mass is 9.99. The largest absolute Gasteiger partial charge is 0.366 e. The number of likely N-dealkylation sites (tertiary alicyclic amines) is 1. The summed E-state index contributed by atoms with van der Waals surface area (Å²) in [5.74, 6) is 0.588.